The van der Waals surface area contributed by atoms with E-state index in [0.29, 0.717) is 6.54 Å². The van der Waals surface area contributed by atoms with E-state index in [1.807, 2.05) is 31.3 Å². The molecule has 106 valence electrons. The second kappa shape index (κ2) is 7.09. The number of hydrogen-bond acceptors (Lipinski definition) is 6. The molecule has 0 amide bonds. The molecule has 0 aromatic carbocycles. The molecule has 0 aliphatic carbocycles. The fourth-order valence-electron chi connectivity index (χ4n) is 1.66. The molecular weight excluding hydrogens is 270 g/mol. The molecule has 2 aromatic rings. The van der Waals surface area contributed by atoms with Crippen molar-refractivity contribution >= 4 is 23.4 Å². The van der Waals surface area contributed by atoms with Crippen LogP contribution in [0.4, 0.5) is 11.6 Å². The Morgan fingerprint density at radius 3 is 2.90 bits per heavy atom. The summed E-state index contributed by atoms with van der Waals surface area (Å²) in [5, 5.41) is 4.24. The first-order chi connectivity index (χ1) is 9.69. The van der Waals surface area contributed by atoms with Crippen LogP contribution in [-0.2, 0) is 6.54 Å². The lowest BCUT2D eigenvalue weighted by Crippen LogP contribution is -2.11. The fourth-order valence-corrected chi connectivity index (χ4v) is 2.25. The standard InChI is InChI=1S/C14H19N5S/c1-4-20-14-10-15-9-12(18-14)17-8-11-5-6-16-13(7-11)19(2)3/h5-7,9-10H,4,8H2,1-3H3,(H,17,18). The average Bonchev–Trinajstić information content (AvgIpc) is 2.46. The minimum Gasteiger partial charge on any atom is -0.365 e. The van der Waals surface area contributed by atoms with Gasteiger partial charge in [0.2, 0.25) is 0 Å². The van der Waals surface area contributed by atoms with Crippen molar-refractivity contribution in [3.63, 3.8) is 0 Å². The molecule has 2 aromatic heterocycles. The number of hydrogen-bond donors (Lipinski definition) is 1. The predicted molar refractivity (Wildman–Crippen MR) is 84.3 cm³/mol. The van der Waals surface area contributed by atoms with Crippen LogP contribution >= 0.6 is 11.8 Å². The van der Waals surface area contributed by atoms with Gasteiger partial charge >= 0.3 is 0 Å². The van der Waals surface area contributed by atoms with Gasteiger partial charge in [0.15, 0.2) is 0 Å². The summed E-state index contributed by atoms with van der Waals surface area (Å²) >= 11 is 1.69. The number of aromatic nitrogens is 3. The van der Waals surface area contributed by atoms with Gasteiger partial charge in [-0.15, -0.1) is 11.8 Å². The third kappa shape index (κ3) is 4.09. The predicted octanol–water partition coefficient (Wildman–Crippen LogP) is 2.66. The summed E-state index contributed by atoms with van der Waals surface area (Å²) in [6, 6.07) is 4.06. The lowest BCUT2D eigenvalue weighted by Gasteiger charge is -2.12. The molecule has 0 saturated carbocycles. The second-order valence-electron chi connectivity index (χ2n) is 4.45. The molecule has 0 spiro atoms. The van der Waals surface area contributed by atoms with Gasteiger partial charge in [-0.25, -0.2) is 9.97 Å². The highest BCUT2D eigenvalue weighted by molar-refractivity contribution is 7.99. The fraction of sp³-hybridized carbons (Fsp3) is 0.357. The minimum atomic E-state index is 0.707. The first-order valence-electron chi connectivity index (χ1n) is 6.50. The summed E-state index contributed by atoms with van der Waals surface area (Å²) in [5.41, 5.74) is 1.17. The van der Waals surface area contributed by atoms with E-state index in [9.17, 15) is 0 Å². The molecule has 6 heteroatoms. The molecule has 5 nitrogen and oxygen atoms in total. The summed E-state index contributed by atoms with van der Waals surface area (Å²) in [4.78, 5) is 15.0. The summed E-state index contributed by atoms with van der Waals surface area (Å²) in [5.74, 6) is 2.74. The van der Waals surface area contributed by atoms with E-state index >= 15 is 0 Å². The highest BCUT2D eigenvalue weighted by Crippen LogP contribution is 2.16. The monoisotopic (exact) mass is 289 g/mol. The molecule has 0 saturated heterocycles. The Balaban J connectivity index is 2.01. The average molecular weight is 289 g/mol. The Kier molecular flexibility index (Phi) is 5.17. The van der Waals surface area contributed by atoms with Crippen LogP contribution in [0, 0.1) is 0 Å². The topological polar surface area (TPSA) is 53.9 Å². The Morgan fingerprint density at radius 2 is 2.15 bits per heavy atom. The lowest BCUT2D eigenvalue weighted by atomic mass is 10.2. The molecule has 2 heterocycles. The molecule has 0 aliphatic rings. The molecule has 20 heavy (non-hydrogen) atoms. The van der Waals surface area contributed by atoms with Crippen LogP contribution in [-0.4, -0.2) is 34.8 Å². The molecular formula is C14H19N5S. The normalized spacial score (nSPS) is 10.3. The van der Waals surface area contributed by atoms with Crippen molar-refractivity contribution in [2.45, 2.75) is 18.5 Å². The summed E-state index contributed by atoms with van der Waals surface area (Å²) in [6.45, 7) is 2.81. The van der Waals surface area contributed by atoms with Crippen LogP contribution in [0.3, 0.4) is 0 Å². The van der Waals surface area contributed by atoms with E-state index in [2.05, 4.69) is 33.3 Å². The van der Waals surface area contributed by atoms with Gasteiger partial charge in [-0.1, -0.05) is 6.92 Å². The van der Waals surface area contributed by atoms with Crippen LogP contribution in [0.1, 0.15) is 12.5 Å². The van der Waals surface area contributed by atoms with Crippen LogP contribution in [0.2, 0.25) is 0 Å². The van der Waals surface area contributed by atoms with Crippen LogP contribution in [0.5, 0.6) is 0 Å². The molecule has 0 radical (unpaired) electrons. The van der Waals surface area contributed by atoms with Gasteiger partial charge in [-0.3, -0.25) is 4.98 Å². The van der Waals surface area contributed by atoms with E-state index in [0.717, 1.165) is 22.4 Å². The molecule has 1 N–H and O–H groups in total. The Labute approximate surface area is 123 Å². The maximum Gasteiger partial charge on any atom is 0.146 e. The van der Waals surface area contributed by atoms with Gasteiger partial charge in [0.25, 0.3) is 0 Å². The van der Waals surface area contributed by atoms with Crippen molar-refractivity contribution in [3.05, 3.63) is 36.3 Å². The molecule has 0 bridgehead atoms. The van der Waals surface area contributed by atoms with E-state index in [1.54, 1.807) is 24.2 Å². The van der Waals surface area contributed by atoms with Crippen molar-refractivity contribution in [1.29, 1.82) is 0 Å². The quantitative estimate of drug-likeness (QED) is 0.825. The lowest BCUT2D eigenvalue weighted by molar-refractivity contribution is 1.00. The van der Waals surface area contributed by atoms with Gasteiger partial charge in [-0.2, -0.15) is 0 Å². The van der Waals surface area contributed by atoms with E-state index < -0.39 is 0 Å². The van der Waals surface area contributed by atoms with Crippen LogP contribution in [0.25, 0.3) is 0 Å². The highest BCUT2D eigenvalue weighted by Gasteiger charge is 2.01. The summed E-state index contributed by atoms with van der Waals surface area (Å²) < 4.78 is 0. The minimum absolute atomic E-state index is 0.707. The molecule has 0 fully saturated rings. The number of anilines is 2. The van der Waals surface area contributed by atoms with E-state index in [4.69, 9.17) is 0 Å². The van der Waals surface area contributed by atoms with Crippen LogP contribution < -0.4 is 10.2 Å². The van der Waals surface area contributed by atoms with Crippen molar-refractivity contribution in [3.8, 4) is 0 Å². The number of nitrogens with one attached hydrogen (secondary N) is 1. The van der Waals surface area contributed by atoms with Crippen molar-refractivity contribution in [1.82, 2.24) is 15.0 Å². The first kappa shape index (κ1) is 14.6. The number of pyridine rings is 1. The zero-order valence-corrected chi connectivity index (χ0v) is 12.8. The Bertz CT molecular complexity index is 559. The van der Waals surface area contributed by atoms with Gasteiger partial charge in [0, 0.05) is 26.8 Å². The van der Waals surface area contributed by atoms with Crippen LogP contribution in [0.15, 0.2) is 35.7 Å². The first-order valence-corrected chi connectivity index (χ1v) is 7.48. The van der Waals surface area contributed by atoms with E-state index in [1.165, 1.54) is 5.56 Å². The van der Waals surface area contributed by atoms with Crippen molar-refractivity contribution < 1.29 is 0 Å². The molecule has 0 unspecified atom stereocenters. The number of nitrogens with zero attached hydrogens (tertiary/aromatic N) is 4. The third-order valence-electron chi connectivity index (χ3n) is 2.65. The SMILES string of the molecule is CCSc1cncc(NCc2ccnc(N(C)C)c2)n1. The third-order valence-corrected chi connectivity index (χ3v) is 3.43. The number of thioether (sulfide) groups is 1. The Morgan fingerprint density at radius 1 is 1.30 bits per heavy atom. The summed E-state index contributed by atoms with van der Waals surface area (Å²) in [6.07, 6.45) is 5.35. The Hall–Kier alpha value is -1.82. The molecule has 2 rings (SSSR count). The van der Waals surface area contributed by atoms with Crippen molar-refractivity contribution in [2.24, 2.45) is 0 Å². The molecule has 0 aliphatic heterocycles. The zero-order chi connectivity index (χ0) is 14.4. The van der Waals surface area contributed by atoms with Gasteiger partial charge in [0.1, 0.15) is 16.7 Å². The maximum absolute atomic E-state index is 4.50. The molecule has 0 atom stereocenters. The zero-order valence-electron chi connectivity index (χ0n) is 12.0. The van der Waals surface area contributed by atoms with Gasteiger partial charge in [-0.05, 0) is 23.4 Å². The highest BCUT2D eigenvalue weighted by atomic mass is 32.2. The largest absolute Gasteiger partial charge is 0.365 e. The van der Waals surface area contributed by atoms with E-state index in [-0.39, 0.29) is 0 Å². The second-order valence-corrected chi connectivity index (χ2v) is 5.73. The number of rotatable bonds is 6. The van der Waals surface area contributed by atoms with Gasteiger partial charge < -0.3 is 10.2 Å². The van der Waals surface area contributed by atoms with Gasteiger partial charge in [0.05, 0.1) is 12.4 Å². The maximum atomic E-state index is 4.50. The summed E-state index contributed by atoms with van der Waals surface area (Å²) in [7, 11) is 3.97. The smallest absolute Gasteiger partial charge is 0.146 e. The van der Waals surface area contributed by atoms with Crippen molar-refractivity contribution in [2.75, 3.05) is 30.1 Å².